The maximum atomic E-state index is 4.92. The van der Waals surface area contributed by atoms with Crippen LogP contribution in [0, 0.1) is 6.92 Å². The van der Waals surface area contributed by atoms with Gasteiger partial charge in [0.05, 0.1) is 11.8 Å². The minimum atomic E-state index is 0.443. The molecule has 0 atom stereocenters. The molecule has 0 saturated carbocycles. The third kappa shape index (κ3) is 1.14. The van der Waals surface area contributed by atoms with Gasteiger partial charge >= 0.3 is 0 Å². The van der Waals surface area contributed by atoms with Gasteiger partial charge in [-0.1, -0.05) is 0 Å². The monoisotopic (exact) mass is 228 g/mol. The summed E-state index contributed by atoms with van der Waals surface area (Å²) in [4.78, 5) is 3.99. The van der Waals surface area contributed by atoms with Crippen LogP contribution in [0.2, 0.25) is 0 Å². The first-order valence-electron chi connectivity index (χ1n) is 3.27. The van der Waals surface area contributed by atoms with Gasteiger partial charge in [-0.15, -0.1) is 0 Å². The Morgan fingerprint density at radius 3 is 2.92 bits per heavy atom. The van der Waals surface area contributed by atoms with Crippen LogP contribution in [-0.4, -0.2) is 20.3 Å². The third-order valence-corrected chi connectivity index (χ3v) is 1.78. The highest BCUT2D eigenvalue weighted by atomic mass is 79.9. The van der Waals surface area contributed by atoms with E-state index in [1.807, 2.05) is 6.92 Å². The normalized spacial score (nSPS) is 10.5. The van der Waals surface area contributed by atoms with E-state index in [0.717, 1.165) is 11.3 Å². The fourth-order valence-corrected chi connectivity index (χ4v) is 1.11. The zero-order chi connectivity index (χ0) is 8.55. The number of H-pyrrole nitrogens is 1. The van der Waals surface area contributed by atoms with E-state index in [1.165, 1.54) is 0 Å². The lowest BCUT2D eigenvalue weighted by molar-refractivity contribution is 0.426. The molecule has 0 aliphatic carbocycles. The number of hydrogen-bond acceptors (Lipinski definition) is 4. The van der Waals surface area contributed by atoms with Gasteiger partial charge in [-0.3, -0.25) is 5.10 Å². The zero-order valence-corrected chi connectivity index (χ0v) is 7.79. The van der Waals surface area contributed by atoms with Crippen molar-refractivity contribution in [3.8, 4) is 11.5 Å². The maximum absolute atomic E-state index is 4.92. The van der Waals surface area contributed by atoms with E-state index >= 15 is 0 Å². The molecule has 12 heavy (non-hydrogen) atoms. The van der Waals surface area contributed by atoms with Crippen LogP contribution in [0.15, 0.2) is 15.5 Å². The van der Waals surface area contributed by atoms with Gasteiger partial charge in [0.15, 0.2) is 0 Å². The Hall–Kier alpha value is -1.17. The first kappa shape index (κ1) is 7.48. The molecule has 0 spiro atoms. The number of aromatic amines is 1. The van der Waals surface area contributed by atoms with Crippen molar-refractivity contribution in [1.82, 2.24) is 20.3 Å². The molecule has 0 saturated heterocycles. The lowest BCUT2D eigenvalue weighted by Crippen LogP contribution is -1.77. The average molecular weight is 229 g/mol. The highest BCUT2D eigenvalue weighted by Gasteiger charge is 2.10. The highest BCUT2D eigenvalue weighted by molar-refractivity contribution is 9.10. The molecule has 0 fully saturated rings. The second-order valence-corrected chi connectivity index (χ2v) is 2.99. The molecule has 0 unspecified atom stereocenters. The minimum absolute atomic E-state index is 0.443. The average Bonchev–Trinajstić information content (AvgIpc) is 2.58. The Balaban J connectivity index is 2.50. The Morgan fingerprint density at radius 1 is 1.58 bits per heavy atom. The van der Waals surface area contributed by atoms with Crippen LogP contribution < -0.4 is 0 Å². The number of nitrogens with one attached hydrogen (secondary N) is 1. The summed E-state index contributed by atoms with van der Waals surface area (Å²) in [5, 5.41) is 10.2. The van der Waals surface area contributed by atoms with E-state index in [2.05, 4.69) is 36.3 Å². The van der Waals surface area contributed by atoms with E-state index < -0.39 is 0 Å². The first-order valence-corrected chi connectivity index (χ1v) is 4.06. The summed E-state index contributed by atoms with van der Waals surface area (Å²) in [5.74, 6) is 0.466. The predicted octanol–water partition coefficient (Wildman–Crippen LogP) is 1.53. The summed E-state index contributed by atoms with van der Waals surface area (Å²) in [5.41, 5.74) is 1.74. The number of hydrogen-bond donors (Lipinski definition) is 1. The van der Waals surface area contributed by atoms with E-state index in [0.29, 0.717) is 10.6 Å². The fourth-order valence-electron chi connectivity index (χ4n) is 0.881. The number of rotatable bonds is 1. The molecule has 2 aromatic rings. The molecule has 5 nitrogen and oxygen atoms in total. The predicted molar refractivity (Wildman–Crippen MR) is 44.3 cm³/mol. The van der Waals surface area contributed by atoms with Gasteiger partial charge in [0.25, 0.3) is 5.89 Å². The molecule has 0 aliphatic rings. The summed E-state index contributed by atoms with van der Waals surface area (Å²) >= 11 is 3.10. The van der Waals surface area contributed by atoms with Crippen LogP contribution in [0.25, 0.3) is 11.5 Å². The number of halogens is 1. The molecular weight excluding hydrogens is 224 g/mol. The largest absolute Gasteiger partial charge is 0.333 e. The molecule has 1 N–H and O–H groups in total. The molecule has 62 valence electrons. The maximum Gasteiger partial charge on any atom is 0.262 e. The second kappa shape index (κ2) is 2.71. The van der Waals surface area contributed by atoms with Crippen molar-refractivity contribution in [3.05, 3.63) is 16.6 Å². The van der Waals surface area contributed by atoms with Crippen molar-refractivity contribution in [1.29, 1.82) is 0 Å². The topological polar surface area (TPSA) is 67.6 Å². The molecule has 2 heterocycles. The fraction of sp³-hybridized carbons (Fsp3) is 0.167. The van der Waals surface area contributed by atoms with Crippen molar-refractivity contribution >= 4 is 15.9 Å². The van der Waals surface area contributed by atoms with E-state index in [4.69, 9.17) is 4.52 Å². The van der Waals surface area contributed by atoms with Crippen molar-refractivity contribution < 1.29 is 4.52 Å². The molecule has 0 aliphatic heterocycles. The van der Waals surface area contributed by atoms with Crippen LogP contribution in [-0.2, 0) is 0 Å². The van der Waals surface area contributed by atoms with Crippen LogP contribution in [0.4, 0.5) is 0 Å². The van der Waals surface area contributed by atoms with Gasteiger partial charge in [0, 0.05) is 5.69 Å². The smallest absolute Gasteiger partial charge is 0.262 e. The molecule has 6 heteroatoms. The number of nitrogens with zero attached hydrogens (tertiary/aromatic N) is 3. The molecule has 0 bridgehead atoms. The van der Waals surface area contributed by atoms with Gasteiger partial charge < -0.3 is 4.52 Å². The molecule has 2 rings (SSSR count). The van der Waals surface area contributed by atoms with E-state index in [9.17, 15) is 0 Å². The van der Waals surface area contributed by atoms with E-state index in [1.54, 1.807) is 6.20 Å². The Labute approximate surface area is 76.3 Å². The van der Waals surface area contributed by atoms with Crippen LogP contribution in [0.5, 0.6) is 0 Å². The lowest BCUT2D eigenvalue weighted by atomic mass is 10.3. The Bertz CT molecular complexity index is 394. The van der Waals surface area contributed by atoms with Gasteiger partial charge in [-0.2, -0.15) is 10.1 Å². The standard InChI is InChI=1S/C6H5BrN4O/c1-3-4(2-8-10-3)5-9-6(7)11-12-5/h2H,1H3,(H,8,10). The van der Waals surface area contributed by atoms with Crippen LogP contribution in [0.3, 0.4) is 0 Å². The van der Waals surface area contributed by atoms with Gasteiger partial charge in [0.2, 0.25) is 4.73 Å². The first-order chi connectivity index (χ1) is 5.77. The lowest BCUT2D eigenvalue weighted by Gasteiger charge is -1.86. The van der Waals surface area contributed by atoms with Crippen molar-refractivity contribution in [2.45, 2.75) is 6.92 Å². The molecule has 2 aromatic heterocycles. The number of aromatic nitrogens is 4. The molecule has 0 radical (unpaired) electrons. The summed E-state index contributed by atoms with van der Waals surface area (Å²) < 4.78 is 5.36. The zero-order valence-electron chi connectivity index (χ0n) is 6.21. The Kier molecular flexibility index (Phi) is 1.69. The van der Waals surface area contributed by atoms with Crippen molar-refractivity contribution in [2.24, 2.45) is 0 Å². The third-order valence-electron chi connectivity index (χ3n) is 1.46. The SMILES string of the molecule is Cc1[nH]ncc1-c1nc(Br)no1. The van der Waals surface area contributed by atoms with Crippen molar-refractivity contribution in [3.63, 3.8) is 0 Å². The summed E-state index contributed by atoms with van der Waals surface area (Å²) in [6, 6.07) is 0. The van der Waals surface area contributed by atoms with Crippen LogP contribution in [0.1, 0.15) is 5.69 Å². The van der Waals surface area contributed by atoms with E-state index in [-0.39, 0.29) is 0 Å². The molecule has 0 amide bonds. The van der Waals surface area contributed by atoms with Gasteiger partial charge in [0.1, 0.15) is 0 Å². The molecule has 0 aromatic carbocycles. The van der Waals surface area contributed by atoms with Crippen LogP contribution >= 0.6 is 15.9 Å². The van der Waals surface area contributed by atoms with Gasteiger partial charge in [-0.25, -0.2) is 0 Å². The molecular formula is C6H5BrN4O. The Morgan fingerprint density at radius 2 is 2.42 bits per heavy atom. The number of aryl methyl sites for hydroxylation is 1. The minimum Gasteiger partial charge on any atom is -0.333 e. The summed E-state index contributed by atoms with van der Waals surface area (Å²) in [7, 11) is 0. The second-order valence-electron chi connectivity index (χ2n) is 2.28. The van der Waals surface area contributed by atoms with Gasteiger partial charge in [-0.05, 0) is 28.0 Å². The van der Waals surface area contributed by atoms with Crippen molar-refractivity contribution in [2.75, 3.05) is 0 Å². The highest BCUT2D eigenvalue weighted by Crippen LogP contribution is 2.20. The summed E-state index contributed by atoms with van der Waals surface area (Å²) in [6.45, 7) is 1.89. The summed E-state index contributed by atoms with van der Waals surface area (Å²) in [6.07, 6.45) is 1.65. The quantitative estimate of drug-likeness (QED) is 0.804.